The summed E-state index contributed by atoms with van der Waals surface area (Å²) in [6, 6.07) is 11.3. The molecule has 0 unspecified atom stereocenters. The van der Waals surface area contributed by atoms with Crippen molar-refractivity contribution in [3.8, 4) is 0 Å². The minimum atomic E-state index is -3.56. The molecule has 2 aromatic rings. The monoisotopic (exact) mass is 346 g/mol. The van der Waals surface area contributed by atoms with Crippen molar-refractivity contribution >= 4 is 16.1 Å². The van der Waals surface area contributed by atoms with Gasteiger partial charge in [0.05, 0.1) is 6.61 Å². The van der Waals surface area contributed by atoms with Crippen molar-refractivity contribution in [2.75, 3.05) is 20.3 Å². The molecule has 0 bridgehead atoms. The summed E-state index contributed by atoms with van der Waals surface area (Å²) < 4.78 is 31.7. The van der Waals surface area contributed by atoms with Crippen molar-refractivity contribution in [1.29, 1.82) is 0 Å². The lowest BCUT2D eigenvalue weighted by Crippen LogP contribution is -2.32. The Hall–Kier alpha value is -2.02. The second-order valence-electron chi connectivity index (χ2n) is 5.45. The molecule has 0 fully saturated rings. The summed E-state index contributed by atoms with van der Waals surface area (Å²) in [5.41, 5.74) is 2.81. The molecule has 1 heterocycles. The van der Waals surface area contributed by atoms with Crippen LogP contribution in [0.25, 0.3) is 6.08 Å². The lowest BCUT2D eigenvalue weighted by molar-refractivity contribution is 0.178. The van der Waals surface area contributed by atoms with Crippen LogP contribution >= 0.6 is 0 Å². The third-order valence-corrected chi connectivity index (χ3v) is 5.01. The fourth-order valence-corrected chi connectivity index (χ4v) is 3.27. The van der Waals surface area contributed by atoms with E-state index in [-0.39, 0.29) is 13.1 Å². The molecule has 0 N–H and O–H groups in total. The van der Waals surface area contributed by atoms with E-state index in [4.69, 9.17) is 4.74 Å². The highest BCUT2D eigenvalue weighted by Gasteiger charge is 2.19. The van der Waals surface area contributed by atoms with Crippen molar-refractivity contribution in [2.24, 2.45) is 0 Å². The van der Waals surface area contributed by atoms with E-state index in [1.165, 1.54) is 9.71 Å². The van der Waals surface area contributed by atoms with Crippen LogP contribution in [0.1, 0.15) is 16.7 Å². The van der Waals surface area contributed by atoms with Gasteiger partial charge in [0.2, 0.25) is 10.0 Å². The first kappa shape index (κ1) is 18.3. The van der Waals surface area contributed by atoms with Crippen molar-refractivity contribution in [1.82, 2.24) is 9.29 Å². The molecule has 0 aliphatic carbocycles. The van der Waals surface area contributed by atoms with Gasteiger partial charge in [-0.25, -0.2) is 8.42 Å². The Morgan fingerprint density at radius 1 is 1.21 bits per heavy atom. The number of sulfonamides is 1. The molecule has 5 nitrogen and oxygen atoms in total. The van der Waals surface area contributed by atoms with E-state index in [9.17, 15) is 8.42 Å². The largest absolute Gasteiger partial charge is 0.383 e. The highest BCUT2D eigenvalue weighted by Crippen LogP contribution is 2.13. The second kappa shape index (κ2) is 8.73. The van der Waals surface area contributed by atoms with Crippen LogP contribution in [0.5, 0.6) is 0 Å². The van der Waals surface area contributed by atoms with Crippen LogP contribution in [0.4, 0.5) is 0 Å². The number of hydrogen-bond acceptors (Lipinski definition) is 4. The molecule has 0 radical (unpaired) electrons. The van der Waals surface area contributed by atoms with E-state index in [1.54, 1.807) is 31.6 Å². The van der Waals surface area contributed by atoms with Gasteiger partial charge in [0.25, 0.3) is 0 Å². The normalized spacial score (nSPS) is 12.1. The van der Waals surface area contributed by atoms with Gasteiger partial charge in [-0.05, 0) is 30.2 Å². The highest BCUT2D eigenvalue weighted by atomic mass is 32.2. The summed E-state index contributed by atoms with van der Waals surface area (Å²) >= 11 is 0. The number of nitrogens with zero attached hydrogens (tertiary/aromatic N) is 2. The van der Waals surface area contributed by atoms with Crippen LogP contribution in [0.15, 0.2) is 54.2 Å². The van der Waals surface area contributed by atoms with E-state index < -0.39 is 10.0 Å². The van der Waals surface area contributed by atoms with E-state index in [1.807, 2.05) is 37.3 Å². The molecule has 1 aromatic carbocycles. The molecule has 1 aromatic heterocycles. The maximum absolute atomic E-state index is 12.6. The zero-order valence-corrected chi connectivity index (χ0v) is 14.7. The maximum Gasteiger partial charge on any atom is 0.236 e. The molecule has 2 rings (SSSR count). The molecule has 6 heteroatoms. The standard InChI is InChI=1S/C18H22N2O3S/c1-16-5-7-17(8-6-16)9-13-24(21,22)20(11-12-23-2)15-18-4-3-10-19-14-18/h3-10,13-14H,11-12,15H2,1-2H3/b13-9+. The number of benzene rings is 1. The molecular formula is C18H22N2O3S. The van der Waals surface area contributed by atoms with Gasteiger partial charge in [0.1, 0.15) is 0 Å². The Balaban J connectivity index is 2.17. The van der Waals surface area contributed by atoms with Crippen LogP contribution in [0.3, 0.4) is 0 Å². The molecule has 0 saturated heterocycles. The molecule has 0 saturated carbocycles. The number of ether oxygens (including phenoxy) is 1. The third-order valence-electron chi connectivity index (χ3n) is 3.50. The van der Waals surface area contributed by atoms with Crippen LogP contribution in [-0.4, -0.2) is 38.0 Å². The SMILES string of the molecule is COCCN(Cc1cccnc1)S(=O)(=O)/C=C/c1ccc(C)cc1. The van der Waals surface area contributed by atoms with Gasteiger partial charge in [-0.3, -0.25) is 4.98 Å². The van der Waals surface area contributed by atoms with Crippen molar-refractivity contribution in [2.45, 2.75) is 13.5 Å². The summed E-state index contributed by atoms with van der Waals surface area (Å²) in [7, 11) is -2.00. The predicted octanol–water partition coefficient (Wildman–Crippen LogP) is 2.84. The van der Waals surface area contributed by atoms with Crippen molar-refractivity contribution < 1.29 is 13.2 Å². The smallest absolute Gasteiger partial charge is 0.236 e. The highest BCUT2D eigenvalue weighted by molar-refractivity contribution is 7.92. The molecule has 24 heavy (non-hydrogen) atoms. The minimum absolute atomic E-state index is 0.262. The Bertz CT molecular complexity index is 757. The average molecular weight is 346 g/mol. The van der Waals surface area contributed by atoms with Crippen LogP contribution in [0, 0.1) is 6.92 Å². The van der Waals surface area contributed by atoms with Crippen LogP contribution < -0.4 is 0 Å². The third kappa shape index (κ3) is 5.56. The molecular weight excluding hydrogens is 324 g/mol. The zero-order chi connectivity index (χ0) is 17.4. The van der Waals surface area contributed by atoms with Gasteiger partial charge in [0, 0.05) is 38.0 Å². The number of aryl methyl sites for hydroxylation is 1. The van der Waals surface area contributed by atoms with Gasteiger partial charge < -0.3 is 4.74 Å². The van der Waals surface area contributed by atoms with E-state index in [0.717, 1.165) is 16.7 Å². The van der Waals surface area contributed by atoms with Gasteiger partial charge in [-0.2, -0.15) is 4.31 Å². The lowest BCUT2D eigenvalue weighted by Gasteiger charge is -2.19. The summed E-state index contributed by atoms with van der Waals surface area (Å²) in [6.45, 7) is 2.87. The van der Waals surface area contributed by atoms with Crippen LogP contribution in [0.2, 0.25) is 0 Å². The number of rotatable bonds is 8. The van der Waals surface area contributed by atoms with E-state index >= 15 is 0 Å². The Kier molecular flexibility index (Phi) is 6.66. The molecule has 128 valence electrons. The Labute approximate surface area is 143 Å². The summed E-state index contributed by atoms with van der Waals surface area (Å²) in [5, 5.41) is 1.24. The minimum Gasteiger partial charge on any atom is -0.383 e. The Morgan fingerprint density at radius 2 is 1.96 bits per heavy atom. The van der Waals surface area contributed by atoms with Gasteiger partial charge in [0.15, 0.2) is 0 Å². The van der Waals surface area contributed by atoms with Gasteiger partial charge in [-0.1, -0.05) is 35.9 Å². The first-order valence-corrected chi connectivity index (χ1v) is 9.14. The molecule has 0 amide bonds. The summed E-state index contributed by atoms with van der Waals surface area (Å²) in [6.07, 6.45) is 4.94. The van der Waals surface area contributed by atoms with E-state index in [0.29, 0.717) is 6.61 Å². The Morgan fingerprint density at radius 3 is 2.58 bits per heavy atom. The average Bonchev–Trinajstić information content (AvgIpc) is 2.59. The predicted molar refractivity (Wildman–Crippen MR) is 95.7 cm³/mol. The topological polar surface area (TPSA) is 59.5 Å². The van der Waals surface area contributed by atoms with Crippen LogP contribution in [-0.2, 0) is 21.3 Å². The molecule has 0 spiro atoms. The first-order chi connectivity index (χ1) is 11.5. The van der Waals surface area contributed by atoms with E-state index in [2.05, 4.69) is 4.98 Å². The molecule has 0 aliphatic heterocycles. The fourth-order valence-electron chi connectivity index (χ4n) is 2.11. The van der Waals surface area contributed by atoms with Gasteiger partial charge in [-0.15, -0.1) is 0 Å². The molecule has 0 atom stereocenters. The quantitative estimate of drug-likeness (QED) is 0.737. The molecule has 0 aliphatic rings. The summed E-state index contributed by atoms with van der Waals surface area (Å²) in [5.74, 6) is 0. The number of aromatic nitrogens is 1. The lowest BCUT2D eigenvalue weighted by atomic mass is 10.2. The number of pyridine rings is 1. The first-order valence-electron chi connectivity index (χ1n) is 7.64. The zero-order valence-electron chi connectivity index (χ0n) is 13.9. The number of methoxy groups -OCH3 is 1. The summed E-state index contributed by atoms with van der Waals surface area (Å²) in [4.78, 5) is 4.03. The maximum atomic E-state index is 12.6. The van der Waals surface area contributed by atoms with Gasteiger partial charge >= 0.3 is 0 Å². The fraction of sp³-hybridized carbons (Fsp3) is 0.278. The van der Waals surface area contributed by atoms with Crippen molar-refractivity contribution in [3.63, 3.8) is 0 Å². The number of hydrogen-bond donors (Lipinski definition) is 0. The second-order valence-corrected chi connectivity index (χ2v) is 7.26. The van der Waals surface area contributed by atoms with Crippen molar-refractivity contribution in [3.05, 3.63) is 70.9 Å².